The van der Waals surface area contributed by atoms with Crippen molar-refractivity contribution in [2.75, 3.05) is 0 Å². The van der Waals surface area contributed by atoms with E-state index in [1.807, 2.05) is 30.3 Å². The number of hydrogen-bond donors (Lipinski definition) is 2. The molecule has 0 saturated carbocycles. The van der Waals surface area contributed by atoms with Crippen molar-refractivity contribution in [3.8, 4) is 11.1 Å². The second kappa shape index (κ2) is 7.05. The van der Waals surface area contributed by atoms with Crippen LogP contribution in [-0.2, 0) is 13.0 Å². The molecule has 3 N–H and O–H groups in total. The molecule has 134 valence electrons. The third-order valence-corrected chi connectivity index (χ3v) is 4.66. The van der Waals surface area contributed by atoms with Crippen molar-refractivity contribution in [1.29, 1.82) is 0 Å². The molecule has 0 amide bonds. The lowest BCUT2D eigenvalue weighted by Gasteiger charge is -2.10. The van der Waals surface area contributed by atoms with Gasteiger partial charge in [-0.2, -0.15) is 0 Å². The van der Waals surface area contributed by atoms with Crippen molar-refractivity contribution < 1.29 is 5.21 Å². The van der Waals surface area contributed by atoms with Crippen LogP contribution in [0.15, 0.2) is 77.7 Å². The molecule has 0 spiro atoms. The van der Waals surface area contributed by atoms with Gasteiger partial charge in [-0.3, -0.25) is 4.79 Å². The quantitative estimate of drug-likeness (QED) is 0.549. The molecule has 0 atom stereocenters. The molecule has 0 bridgehead atoms. The van der Waals surface area contributed by atoms with E-state index in [9.17, 15) is 10.0 Å². The molecular weight excluding hydrogens is 338 g/mol. The summed E-state index contributed by atoms with van der Waals surface area (Å²) in [6.07, 6.45) is 2.13. The molecule has 0 aliphatic rings. The summed E-state index contributed by atoms with van der Waals surface area (Å²) in [4.78, 5) is 16.2. The lowest BCUT2D eigenvalue weighted by atomic mass is 9.97. The second-order valence-electron chi connectivity index (χ2n) is 6.48. The minimum atomic E-state index is -0.483. The molecule has 0 aliphatic carbocycles. The van der Waals surface area contributed by atoms with Crippen molar-refractivity contribution in [3.05, 3.63) is 100.0 Å². The number of hydrogen-bond acceptors (Lipinski definition) is 4. The Labute approximate surface area is 156 Å². The highest BCUT2D eigenvalue weighted by atomic mass is 16.5. The SMILES string of the molecule is NCc1cccc(-c2cccc(Cc3cc(=O)n(O)c4ncccc34)c2)c1. The average Bonchev–Trinajstić information content (AvgIpc) is 2.72. The summed E-state index contributed by atoms with van der Waals surface area (Å²) in [6.45, 7) is 0.504. The van der Waals surface area contributed by atoms with Crippen LogP contribution in [0.1, 0.15) is 16.7 Å². The Kier molecular flexibility index (Phi) is 4.44. The molecule has 0 radical (unpaired) electrons. The van der Waals surface area contributed by atoms with Crippen LogP contribution in [0.3, 0.4) is 0 Å². The fourth-order valence-corrected chi connectivity index (χ4v) is 3.31. The van der Waals surface area contributed by atoms with Gasteiger partial charge in [0.25, 0.3) is 5.56 Å². The second-order valence-corrected chi connectivity index (χ2v) is 6.48. The van der Waals surface area contributed by atoms with Crippen LogP contribution in [0.25, 0.3) is 22.2 Å². The number of nitrogens with zero attached hydrogens (tertiary/aromatic N) is 2. The Morgan fingerprint density at radius 1 is 0.926 bits per heavy atom. The Morgan fingerprint density at radius 2 is 1.63 bits per heavy atom. The number of benzene rings is 2. The van der Waals surface area contributed by atoms with Gasteiger partial charge in [0, 0.05) is 24.2 Å². The van der Waals surface area contributed by atoms with Gasteiger partial charge in [-0.1, -0.05) is 42.5 Å². The van der Waals surface area contributed by atoms with E-state index >= 15 is 0 Å². The number of aromatic nitrogens is 2. The van der Waals surface area contributed by atoms with Crippen molar-refractivity contribution in [2.45, 2.75) is 13.0 Å². The first-order valence-electron chi connectivity index (χ1n) is 8.73. The molecular formula is C22H19N3O2. The van der Waals surface area contributed by atoms with Gasteiger partial charge in [0.05, 0.1) is 0 Å². The van der Waals surface area contributed by atoms with Crippen LogP contribution in [0.4, 0.5) is 0 Å². The molecule has 0 aliphatic heterocycles. The highest BCUT2D eigenvalue weighted by molar-refractivity contribution is 5.79. The van der Waals surface area contributed by atoms with Gasteiger partial charge < -0.3 is 10.9 Å². The number of fused-ring (bicyclic) bond motifs is 1. The lowest BCUT2D eigenvalue weighted by Crippen LogP contribution is -2.19. The van der Waals surface area contributed by atoms with Crippen LogP contribution < -0.4 is 11.3 Å². The van der Waals surface area contributed by atoms with E-state index in [4.69, 9.17) is 5.73 Å². The Hall–Kier alpha value is -3.44. The van der Waals surface area contributed by atoms with Gasteiger partial charge in [-0.15, -0.1) is 4.73 Å². The number of nitrogens with two attached hydrogens (primary N) is 1. The monoisotopic (exact) mass is 357 g/mol. The van der Waals surface area contributed by atoms with E-state index in [0.717, 1.165) is 33.2 Å². The van der Waals surface area contributed by atoms with Crippen molar-refractivity contribution in [2.24, 2.45) is 5.73 Å². The van der Waals surface area contributed by atoms with Gasteiger partial charge >= 0.3 is 0 Å². The zero-order valence-electron chi connectivity index (χ0n) is 14.7. The molecule has 2 aromatic heterocycles. The van der Waals surface area contributed by atoms with Gasteiger partial charge in [0.15, 0.2) is 5.65 Å². The fourth-order valence-electron chi connectivity index (χ4n) is 3.31. The highest BCUT2D eigenvalue weighted by Gasteiger charge is 2.10. The number of rotatable bonds is 4. The van der Waals surface area contributed by atoms with E-state index in [-0.39, 0.29) is 5.65 Å². The third kappa shape index (κ3) is 3.32. The van der Waals surface area contributed by atoms with Gasteiger partial charge in [0.2, 0.25) is 0 Å². The first-order chi connectivity index (χ1) is 13.2. The van der Waals surface area contributed by atoms with E-state index in [1.54, 1.807) is 12.3 Å². The molecule has 2 heterocycles. The largest absolute Gasteiger partial charge is 0.423 e. The predicted molar refractivity (Wildman–Crippen MR) is 106 cm³/mol. The summed E-state index contributed by atoms with van der Waals surface area (Å²) in [6, 6.07) is 21.5. The van der Waals surface area contributed by atoms with E-state index in [1.165, 1.54) is 6.07 Å². The number of pyridine rings is 2. The van der Waals surface area contributed by atoms with Crippen LogP contribution in [0, 0.1) is 0 Å². The molecule has 0 unspecified atom stereocenters. The van der Waals surface area contributed by atoms with Crippen molar-refractivity contribution in [3.63, 3.8) is 0 Å². The van der Waals surface area contributed by atoms with Crippen LogP contribution >= 0.6 is 0 Å². The van der Waals surface area contributed by atoms with Gasteiger partial charge in [-0.25, -0.2) is 4.98 Å². The Morgan fingerprint density at radius 3 is 2.37 bits per heavy atom. The highest BCUT2D eigenvalue weighted by Crippen LogP contribution is 2.24. The maximum absolute atomic E-state index is 12.1. The first-order valence-corrected chi connectivity index (χ1v) is 8.73. The molecule has 4 aromatic rings. The first kappa shape index (κ1) is 17.0. The fraction of sp³-hybridized carbons (Fsp3) is 0.0909. The van der Waals surface area contributed by atoms with Crippen LogP contribution in [0.2, 0.25) is 0 Å². The minimum absolute atomic E-state index is 0.270. The summed E-state index contributed by atoms with van der Waals surface area (Å²) in [7, 11) is 0. The van der Waals surface area contributed by atoms with Crippen LogP contribution in [-0.4, -0.2) is 14.9 Å². The summed E-state index contributed by atoms with van der Waals surface area (Å²) in [5.74, 6) is 0. The molecule has 0 fully saturated rings. The summed E-state index contributed by atoms with van der Waals surface area (Å²) < 4.78 is 0.591. The van der Waals surface area contributed by atoms with Gasteiger partial charge in [0.1, 0.15) is 0 Å². The maximum atomic E-state index is 12.1. The van der Waals surface area contributed by atoms with E-state index in [0.29, 0.717) is 17.7 Å². The lowest BCUT2D eigenvalue weighted by molar-refractivity contribution is 0.186. The molecule has 5 heteroatoms. The summed E-state index contributed by atoms with van der Waals surface area (Å²) in [5, 5.41) is 10.7. The minimum Gasteiger partial charge on any atom is -0.423 e. The van der Waals surface area contributed by atoms with Crippen LogP contribution in [0.5, 0.6) is 0 Å². The Bertz CT molecular complexity index is 1180. The zero-order chi connectivity index (χ0) is 18.8. The predicted octanol–water partition coefficient (Wildman–Crippen LogP) is 3.35. The van der Waals surface area contributed by atoms with E-state index in [2.05, 4.69) is 29.2 Å². The van der Waals surface area contributed by atoms with Crippen molar-refractivity contribution >= 4 is 11.0 Å². The Balaban J connectivity index is 1.75. The summed E-state index contributed by atoms with van der Waals surface area (Å²) in [5.41, 5.74) is 10.7. The van der Waals surface area contributed by atoms with Gasteiger partial charge in [-0.05, 0) is 52.4 Å². The average molecular weight is 357 g/mol. The standard InChI is InChI=1S/C22H19N3O2/c23-14-16-5-2-7-18(12-16)17-6-1-4-15(10-17)11-19-13-21(26)25(27)22-20(19)8-3-9-24-22/h1-10,12-13,27H,11,14,23H2. The molecule has 27 heavy (non-hydrogen) atoms. The normalized spacial score (nSPS) is 11.0. The molecule has 4 rings (SSSR count). The third-order valence-electron chi connectivity index (χ3n) is 4.66. The van der Waals surface area contributed by atoms with E-state index < -0.39 is 5.56 Å². The maximum Gasteiger partial charge on any atom is 0.285 e. The summed E-state index contributed by atoms with van der Waals surface area (Å²) >= 11 is 0. The molecule has 5 nitrogen and oxygen atoms in total. The zero-order valence-corrected chi connectivity index (χ0v) is 14.7. The molecule has 0 saturated heterocycles. The smallest absolute Gasteiger partial charge is 0.285 e. The topological polar surface area (TPSA) is 81.1 Å². The van der Waals surface area contributed by atoms with Crippen molar-refractivity contribution in [1.82, 2.24) is 9.71 Å². The molecule has 2 aromatic carbocycles.